The molecular formula is C14H15NO4. The molecular weight excluding hydrogens is 246 g/mol. The minimum Gasteiger partial charge on any atom is -0.460 e. The second-order valence-corrected chi connectivity index (χ2v) is 4.27. The molecule has 0 fully saturated rings. The number of ketones is 1. The lowest BCUT2D eigenvalue weighted by atomic mass is 10.0. The number of hydrogen-bond acceptors (Lipinski definition) is 4. The van der Waals surface area contributed by atoms with Crippen molar-refractivity contribution in [2.45, 2.75) is 20.3 Å². The maximum absolute atomic E-state index is 12.0. The quantitative estimate of drug-likeness (QED) is 0.468. The second-order valence-electron chi connectivity index (χ2n) is 4.27. The Morgan fingerprint density at radius 2 is 2.05 bits per heavy atom. The van der Waals surface area contributed by atoms with Crippen LogP contribution in [0.2, 0.25) is 0 Å². The molecule has 1 aromatic rings. The van der Waals surface area contributed by atoms with Crippen molar-refractivity contribution in [3.63, 3.8) is 0 Å². The fraction of sp³-hybridized carbons (Fsp3) is 0.357. The molecule has 0 atom stereocenters. The van der Waals surface area contributed by atoms with E-state index in [4.69, 9.17) is 4.74 Å². The van der Waals surface area contributed by atoms with Crippen molar-refractivity contribution < 1.29 is 19.1 Å². The maximum atomic E-state index is 12.0. The van der Waals surface area contributed by atoms with Gasteiger partial charge in [0.2, 0.25) is 5.91 Å². The summed E-state index contributed by atoms with van der Waals surface area (Å²) in [6, 6.07) is 5.06. The normalized spacial score (nSPS) is 13.1. The van der Waals surface area contributed by atoms with Crippen molar-refractivity contribution in [2.75, 3.05) is 18.1 Å². The number of hydrogen-bond donors (Lipinski definition) is 0. The monoisotopic (exact) mass is 261 g/mol. The van der Waals surface area contributed by atoms with Gasteiger partial charge in [0.15, 0.2) is 0 Å². The van der Waals surface area contributed by atoms with Gasteiger partial charge >= 0.3 is 5.97 Å². The number of anilines is 1. The van der Waals surface area contributed by atoms with E-state index < -0.39 is 11.8 Å². The van der Waals surface area contributed by atoms with Crippen LogP contribution in [-0.2, 0) is 20.7 Å². The molecule has 1 aliphatic rings. The molecule has 0 N–H and O–H groups in total. The molecule has 5 heteroatoms. The van der Waals surface area contributed by atoms with Crippen molar-refractivity contribution in [1.82, 2.24) is 0 Å². The van der Waals surface area contributed by atoms with Crippen molar-refractivity contribution in [3.05, 3.63) is 29.3 Å². The predicted octanol–water partition coefficient (Wildman–Crippen LogP) is 1.34. The van der Waals surface area contributed by atoms with E-state index >= 15 is 0 Å². The van der Waals surface area contributed by atoms with Gasteiger partial charge in [0.05, 0.1) is 6.61 Å². The van der Waals surface area contributed by atoms with Gasteiger partial charge in [0, 0.05) is 24.7 Å². The zero-order valence-electron chi connectivity index (χ0n) is 10.9. The first-order chi connectivity index (χ1) is 9.06. The fourth-order valence-corrected chi connectivity index (χ4v) is 2.28. The predicted molar refractivity (Wildman–Crippen MR) is 69.1 cm³/mol. The molecule has 19 heavy (non-hydrogen) atoms. The fourth-order valence-electron chi connectivity index (χ4n) is 2.28. The molecule has 0 saturated carbocycles. The average Bonchev–Trinajstić information content (AvgIpc) is 2.81. The van der Waals surface area contributed by atoms with Crippen LogP contribution in [0, 0.1) is 0 Å². The zero-order valence-corrected chi connectivity index (χ0v) is 10.9. The van der Waals surface area contributed by atoms with E-state index in [1.807, 2.05) is 0 Å². The number of carbonyl (C=O) groups excluding carboxylic acids is 3. The molecule has 2 rings (SSSR count). The Hall–Kier alpha value is -2.17. The van der Waals surface area contributed by atoms with Gasteiger partial charge in [-0.3, -0.25) is 9.59 Å². The summed E-state index contributed by atoms with van der Waals surface area (Å²) >= 11 is 0. The van der Waals surface area contributed by atoms with Gasteiger partial charge < -0.3 is 9.64 Å². The van der Waals surface area contributed by atoms with Crippen LogP contribution in [0.3, 0.4) is 0 Å². The molecule has 0 bridgehead atoms. The molecule has 1 aromatic carbocycles. The highest BCUT2D eigenvalue weighted by atomic mass is 16.5. The first-order valence-electron chi connectivity index (χ1n) is 6.17. The van der Waals surface area contributed by atoms with E-state index in [1.165, 1.54) is 6.92 Å². The van der Waals surface area contributed by atoms with Crippen molar-refractivity contribution in [3.8, 4) is 0 Å². The molecule has 0 aromatic heterocycles. The van der Waals surface area contributed by atoms with Crippen molar-refractivity contribution >= 4 is 23.3 Å². The van der Waals surface area contributed by atoms with E-state index in [0.29, 0.717) is 24.2 Å². The Morgan fingerprint density at radius 1 is 1.32 bits per heavy atom. The van der Waals surface area contributed by atoms with E-state index in [1.54, 1.807) is 30.0 Å². The minimum absolute atomic E-state index is 0.0699. The summed E-state index contributed by atoms with van der Waals surface area (Å²) in [6.45, 7) is 3.84. The molecule has 0 unspecified atom stereocenters. The molecule has 1 amide bonds. The van der Waals surface area contributed by atoms with E-state index in [9.17, 15) is 14.4 Å². The molecule has 0 spiro atoms. The average molecular weight is 261 g/mol. The van der Waals surface area contributed by atoms with Crippen LogP contribution >= 0.6 is 0 Å². The van der Waals surface area contributed by atoms with Gasteiger partial charge in [-0.2, -0.15) is 0 Å². The molecule has 0 aliphatic carbocycles. The number of esters is 1. The third-order valence-corrected chi connectivity index (χ3v) is 3.11. The van der Waals surface area contributed by atoms with Crippen LogP contribution in [0.5, 0.6) is 0 Å². The van der Waals surface area contributed by atoms with Crippen LogP contribution in [-0.4, -0.2) is 30.8 Å². The van der Waals surface area contributed by atoms with Crippen LogP contribution in [0.1, 0.15) is 29.8 Å². The maximum Gasteiger partial charge on any atom is 0.379 e. The second kappa shape index (κ2) is 5.22. The van der Waals surface area contributed by atoms with Crippen LogP contribution in [0.4, 0.5) is 5.69 Å². The van der Waals surface area contributed by atoms with Gasteiger partial charge in [-0.05, 0) is 25.0 Å². The smallest absolute Gasteiger partial charge is 0.379 e. The van der Waals surface area contributed by atoms with Gasteiger partial charge in [0.1, 0.15) is 0 Å². The number of benzene rings is 1. The summed E-state index contributed by atoms with van der Waals surface area (Å²) in [6.07, 6.45) is 0.580. The summed E-state index contributed by atoms with van der Waals surface area (Å²) in [5.74, 6) is -1.57. The molecule has 1 aliphatic heterocycles. The summed E-state index contributed by atoms with van der Waals surface area (Å²) in [4.78, 5) is 36.6. The highest BCUT2D eigenvalue weighted by Gasteiger charge is 2.29. The van der Waals surface area contributed by atoms with Gasteiger partial charge in [-0.25, -0.2) is 4.79 Å². The third-order valence-electron chi connectivity index (χ3n) is 3.11. The largest absolute Gasteiger partial charge is 0.460 e. The van der Waals surface area contributed by atoms with Crippen molar-refractivity contribution in [2.24, 2.45) is 0 Å². The van der Waals surface area contributed by atoms with Crippen LogP contribution in [0.15, 0.2) is 18.2 Å². The van der Waals surface area contributed by atoms with Crippen LogP contribution < -0.4 is 4.90 Å². The number of carbonyl (C=O) groups is 3. The van der Waals surface area contributed by atoms with E-state index in [-0.39, 0.29) is 12.5 Å². The SMILES string of the molecule is CCOC(=O)C(=O)c1cccc2c1CCN2C(C)=O. The Bertz CT molecular complexity index is 550. The van der Waals surface area contributed by atoms with Crippen LogP contribution in [0.25, 0.3) is 0 Å². The molecule has 5 nitrogen and oxygen atoms in total. The molecule has 0 saturated heterocycles. The lowest BCUT2D eigenvalue weighted by molar-refractivity contribution is -0.137. The number of fused-ring (bicyclic) bond motifs is 1. The third kappa shape index (κ3) is 2.36. The first-order valence-corrected chi connectivity index (χ1v) is 6.17. The number of Topliss-reactive ketones (excluding diaryl/α,β-unsaturated/α-hetero) is 1. The molecule has 100 valence electrons. The Kier molecular flexibility index (Phi) is 3.64. The van der Waals surface area contributed by atoms with Gasteiger partial charge in [-0.1, -0.05) is 12.1 Å². The standard InChI is InChI=1S/C14H15NO4/c1-3-19-14(18)13(17)11-5-4-6-12-10(11)7-8-15(12)9(2)16/h4-6H,3,7-8H2,1-2H3. The summed E-state index contributed by atoms with van der Waals surface area (Å²) in [7, 11) is 0. The highest BCUT2D eigenvalue weighted by molar-refractivity contribution is 6.41. The lowest BCUT2D eigenvalue weighted by Crippen LogP contribution is -2.25. The Morgan fingerprint density at radius 3 is 2.68 bits per heavy atom. The molecule has 1 heterocycles. The Balaban J connectivity index is 2.37. The first kappa shape index (κ1) is 13.3. The van der Waals surface area contributed by atoms with E-state index in [0.717, 1.165) is 5.56 Å². The summed E-state index contributed by atoms with van der Waals surface area (Å²) in [5.41, 5.74) is 1.79. The van der Waals surface area contributed by atoms with Gasteiger partial charge in [-0.15, -0.1) is 0 Å². The topological polar surface area (TPSA) is 63.7 Å². The zero-order chi connectivity index (χ0) is 14.0. The van der Waals surface area contributed by atoms with Crippen molar-refractivity contribution in [1.29, 1.82) is 0 Å². The number of rotatable bonds is 3. The number of nitrogens with zero attached hydrogens (tertiary/aromatic N) is 1. The Labute approximate surface area is 111 Å². The lowest BCUT2D eigenvalue weighted by Gasteiger charge is -2.14. The molecule has 0 radical (unpaired) electrons. The van der Waals surface area contributed by atoms with Gasteiger partial charge in [0.25, 0.3) is 5.78 Å². The number of ether oxygens (including phenoxy) is 1. The summed E-state index contributed by atoms with van der Waals surface area (Å²) < 4.78 is 4.72. The minimum atomic E-state index is -0.850. The van der Waals surface area contributed by atoms with E-state index in [2.05, 4.69) is 0 Å². The number of amides is 1. The highest BCUT2D eigenvalue weighted by Crippen LogP contribution is 2.31. The summed E-state index contributed by atoms with van der Waals surface area (Å²) in [5, 5.41) is 0.